The fraction of sp³-hybridized carbons (Fsp3) is 0.103. The Morgan fingerprint density at radius 1 is 0.838 bits per heavy atom. The molecule has 37 heavy (non-hydrogen) atoms. The van der Waals surface area contributed by atoms with Crippen LogP contribution in [0.3, 0.4) is 0 Å². The van der Waals surface area contributed by atoms with Crippen LogP contribution in [-0.4, -0.2) is 26.2 Å². The third-order valence-electron chi connectivity index (χ3n) is 6.06. The number of nitriles is 2. The number of ether oxygens (including phenoxy) is 2. The maximum Gasteiger partial charge on any atom is 0.355 e. The number of benzene rings is 3. The minimum Gasteiger partial charge on any atom is -0.466 e. The van der Waals surface area contributed by atoms with Gasteiger partial charge in [-0.3, -0.25) is 4.90 Å². The van der Waals surface area contributed by atoms with Crippen LogP contribution >= 0.6 is 0 Å². The van der Waals surface area contributed by atoms with E-state index in [0.29, 0.717) is 16.8 Å². The molecular formula is C29H22N4O4. The van der Waals surface area contributed by atoms with Crippen LogP contribution in [0.2, 0.25) is 0 Å². The lowest BCUT2D eigenvalue weighted by Crippen LogP contribution is -2.40. The molecule has 1 aliphatic heterocycles. The number of anilines is 1. The molecule has 0 aromatic heterocycles. The number of nitrogens with zero attached hydrogens (tertiary/aromatic N) is 3. The predicted molar refractivity (Wildman–Crippen MR) is 136 cm³/mol. The third-order valence-corrected chi connectivity index (χ3v) is 6.06. The van der Waals surface area contributed by atoms with E-state index in [4.69, 9.17) is 15.2 Å². The van der Waals surface area contributed by atoms with Gasteiger partial charge in [-0.2, -0.15) is 10.5 Å². The molecule has 0 saturated carbocycles. The zero-order valence-corrected chi connectivity index (χ0v) is 20.1. The van der Waals surface area contributed by atoms with Gasteiger partial charge in [-0.1, -0.05) is 54.6 Å². The first-order valence-corrected chi connectivity index (χ1v) is 11.2. The van der Waals surface area contributed by atoms with Crippen molar-refractivity contribution in [3.05, 3.63) is 113 Å². The zero-order valence-electron chi connectivity index (χ0n) is 20.1. The molecule has 1 unspecified atom stereocenters. The van der Waals surface area contributed by atoms with Crippen molar-refractivity contribution in [2.24, 2.45) is 5.73 Å². The lowest BCUT2D eigenvalue weighted by molar-refractivity contribution is -0.139. The normalized spacial score (nSPS) is 15.0. The molecule has 0 spiro atoms. The molecule has 3 aromatic rings. The first-order chi connectivity index (χ1) is 17.9. The summed E-state index contributed by atoms with van der Waals surface area (Å²) in [5.74, 6) is -2.54. The summed E-state index contributed by atoms with van der Waals surface area (Å²) in [5, 5.41) is 19.3. The number of hydrogen-bond donors (Lipinski definition) is 1. The van der Waals surface area contributed by atoms with Crippen molar-refractivity contribution in [3.8, 4) is 23.3 Å². The number of rotatable bonds is 5. The molecule has 0 radical (unpaired) electrons. The van der Waals surface area contributed by atoms with Crippen molar-refractivity contribution in [2.75, 3.05) is 19.1 Å². The van der Waals surface area contributed by atoms with Gasteiger partial charge in [-0.25, -0.2) is 9.59 Å². The highest BCUT2D eigenvalue weighted by atomic mass is 16.5. The van der Waals surface area contributed by atoms with E-state index in [-0.39, 0.29) is 22.7 Å². The van der Waals surface area contributed by atoms with Gasteiger partial charge in [0.25, 0.3) is 0 Å². The van der Waals surface area contributed by atoms with E-state index in [0.717, 1.165) is 11.1 Å². The van der Waals surface area contributed by atoms with Gasteiger partial charge in [-0.15, -0.1) is 0 Å². The minimum atomic E-state index is -0.933. The average Bonchev–Trinajstić information content (AvgIpc) is 2.96. The fourth-order valence-corrected chi connectivity index (χ4v) is 4.35. The lowest BCUT2D eigenvalue weighted by atomic mass is 9.81. The van der Waals surface area contributed by atoms with Crippen molar-refractivity contribution < 1.29 is 19.1 Å². The van der Waals surface area contributed by atoms with Crippen LogP contribution in [0.4, 0.5) is 5.69 Å². The molecule has 0 saturated heterocycles. The van der Waals surface area contributed by atoms with Gasteiger partial charge in [0.1, 0.15) is 11.5 Å². The second-order valence-electron chi connectivity index (χ2n) is 8.07. The molecule has 1 atom stereocenters. The number of methoxy groups -OCH3 is 2. The number of nitrogens with two attached hydrogens (primary N) is 1. The molecule has 0 bridgehead atoms. The Morgan fingerprint density at radius 2 is 1.51 bits per heavy atom. The Bertz CT molecular complexity index is 1510. The van der Waals surface area contributed by atoms with E-state index in [1.807, 2.05) is 6.07 Å². The molecule has 0 aliphatic carbocycles. The molecule has 4 rings (SSSR count). The Kier molecular flexibility index (Phi) is 7.04. The summed E-state index contributed by atoms with van der Waals surface area (Å²) in [7, 11) is 2.40. The maximum atomic E-state index is 13.1. The Morgan fingerprint density at radius 3 is 2.11 bits per heavy atom. The largest absolute Gasteiger partial charge is 0.466 e. The summed E-state index contributed by atoms with van der Waals surface area (Å²) in [4.78, 5) is 27.6. The molecule has 1 heterocycles. The van der Waals surface area contributed by atoms with E-state index < -0.39 is 17.9 Å². The smallest absolute Gasteiger partial charge is 0.355 e. The number of carbonyl (C=O) groups is 2. The highest BCUT2D eigenvalue weighted by molar-refractivity contribution is 6.06. The van der Waals surface area contributed by atoms with Gasteiger partial charge in [0.15, 0.2) is 0 Å². The minimum absolute atomic E-state index is 0.0105. The molecular weight excluding hydrogens is 468 g/mol. The molecule has 2 N–H and O–H groups in total. The van der Waals surface area contributed by atoms with Crippen LogP contribution in [0, 0.1) is 22.7 Å². The van der Waals surface area contributed by atoms with Gasteiger partial charge in [-0.05, 0) is 41.0 Å². The summed E-state index contributed by atoms with van der Waals surface area (Å²) in [6.45, 7) is 0. The highest BCUT2D eigenvalue weighted by Crippen LogP contribution is 2.43. The van der Waals surface area contributed by atoms with Crippen LogP contribution in [0.5, 0.6) is 0 Å². The van der Waals surface area contributed by atoms with E-state index in [2.05, 4.69) is 12.1 Å². The highest BCUT2D eigenvalue weighted by Gasteiger charge is 2.42. The van der Waals surface area contributed by atoms with Crippen LogP contribution in [-0.2, 0) is 19.1 Å². The van der Waals surface area contributed by atoms with Crippen LogP contribution in [0.15, 0.2) is 102 Å². The first kappa shape index (κ1) is 24.8. The summed E-state index contributed by atoms with van der Waals surface area (Å²) in [6, 6.07) is 27.2. The average molecular weight is 491 g/mol. The second-order valence-corrected chi connectivity index (χ2v) is 8.07. The summed E-state index contributed by atoms with van der Waals surface area (Å²) < 4.78 is 10.1. The number of esters is 2. The van der Waals surface area contributed by atoms with E-state index in [1.54, 1.807) is 72.8 Å². The van der Waals surface area contributed by atoms with Gasteiger partial charge in [0.05, 0.1) is 49.0 Å². The van der Waals surface area contributed by atoms with Gasteiger partial charge >= 0.3 is 11.9 Å². The van der Waals surface area contributed by atoms with Gasteiger partial charge < -0.3 is 15.2 Å². The van der Waals surface area contributed by atoms with Crippen molar-refractivity contribution in [2.45, 2.75) is 5.92 Å². The molecule has 0 amide bonds. The molecule has 8 nitrogen and oxygen atoms in total. The molecule has 1 aliphatic rings. The topological polar surface area (TPSA) is 129 Å². The summed E-state index contributed by atoms with van der Waals surface area (Å²) >= 11 is 0. The number of allylic oxidation sites excluding steroid dienone is 1. The van der Waals surface area contributed by atoms with Crippen molar-refractivity contribution in [3.63, 3.8) is 0 Å². The van der Waals surface area contributed by atoms with E-state index in [1.165, 1.54) is 19.1 Å². The van der Waals surface area contributed by atoms with E-state index in [9.17, 15) is 20.1 Å². The Balaban J connectivity index is 1.93. The van der Waals surface area contributed by atoms with Gasteiger partial charge in [0.2, 0.25) is 0 Å². The quantitative estimate of drug-likeness (QED) is 0.529. The van der Waals surface area contributed by atoms with E-state index >= 15 is 0 Å². The second kappa shape index (κ2) is 10.5. The Hall–Kier alpha value is -5.34. The molecule has 0 fully saturated rings. The SMILES string of the molecule is COC(=O)C1=C(C(=O)OC)N(c2ccc(-c3cccc(C#N)c3)cc2)C(N)=C(C#N)C1c1ccccc1. The Labute approximate surface area is 214 Å². The lowest BCUT2D eigenvalue weighted by Gasteiger charge is -2.35. The standard InChI is InChI=1S/C29H22N4O4/c1-36-28(34)25-24(20-8-4-3-5-9-20)23(17-31)27(32)33(26(25)29(35)37-2)22-13-11-19(12-14-22)21-10-6-7-18(15-21)16-30/h3-15,24H,32H2,1-2H3. The molecule has 182 valence electrons. The number of carbonyl (C=O) groups excluding carboxylic acids is 2. The predicted octanol–water partition coefficient (Wildman–Crippen LogP) is 4.12. The molecule has 3 aromatic carbocycles. The first-order valence-electron chi connectivity index (χ1n) is 11.2. The fourth-order valence-electron chi connectivity index (χ4n) is 4.35. The summed E-state index contributed by atoms with van der Waals surface area (Å²) in [5.41, 5.74) is 9.60. The molecule has 8 heteroatoms. The van der Waals surface area contributed by atoms with Crippen LogP contribution in [0.1, 0.15) is 17.0 Å². The van der Waals surface area contributed by atoms with Crippen molar-refractivity contribution >= 4 is 17.6 Å². The van der Waals surface area contributed by atoms with Gasteiger partial charge in [0, 0.05) is 5.69 Å². The maximum absolute atomic E-state index is 13.1. The van der Waals surface area contributed by atoms with Crippen LogP contribution in [0.25, 0.3) is 11.1 Å². The zero-order chi connectivity index (χ0) is 26.5. The summed E-state index contributed by atoms with van der Waals surface area (Å²) in [6.07, 6.45) is 0. The van der Waals surface area contributed by atoms with Crippen LogP contribution < -0.4 is 10.6 Å². The van der Waals surface area contributed by atoms with Crippen molar-refractivity contribution in [1.29, 1.82) is 10.5 Å². The monoisotopic (exact) mass is 490 g/mol. The third kappa shape index (κ3) is 4.52. The number of hydrogen-bond acceptors (Lipinski definition) is 8. The van der Waals surface area contributed by atoms with Crippen molar-refractivity contribution in [1.82, 2.24) is 0 Å².